The topological polar surface area (TPSA) is 65.2 Å². The Hall–Kier alpha value is -1.49. The number of carbonyl (C=O) groups excluding carboxylic acids is 1. The first-order chi connectivity index (χ1) is 9.43. The highest BCUT2D eigenvalue weighted by Crippen LogP contribution is 2.37. The van der Waals surface area contributed by atoms with Crippen LogP contribution in [0.4, 0.5) is 5.82 Å². The summed E-state index contributed by atoms with van der Waals surface area (Å²) in [6.45, 7) is 0. The Morgan fingerprint density at radius 2 is 1.75 bits per heavy atom. The summed E-state index contributed by atoms with van der Waals surface area (Å²) in [5, 5.41) is 1.01. The average Bonchev–Trinajstić information content (AvgIpc) is 2.43. The predicted molar refractivity (Wildman–Crippen MR) is 80.5 cm³/mol. The Morgan fingerprint density at radius 3 is 2.40 bits per heavy atom. The van der Waals surface area contributed by atoms with Crippen LogP contribution in [0.25, 0.3) is 11.1 Å². The van der Waals surface area contributed by atoms with Crippen molar-refractivity contribution in [2.75, 3.05) is 12.8 Å². The molecule has 0 atom stereocenters. The molecule has 0 saturated heterocycles. The summed E-state index contributed by atoms with van der Waals surface area (Å²) in [5.74, 6) is -0.298. The lowest BCUT2D eigenvalue weighted by atomic mass is 10.0. The zero-order valence-corrected chi connectivity index (χ0v) is 12.6. The number of hydrogen-bond acceptors (Lipinski definition) is 4. The van der Waals surface area contributed by atoms with Crippen molar-refractivity contribution in [3.8, 4) is 11.1 Å². The maximum Gasteiger partial charge on any atom is 0.339 e. The van der Waals surface area contributed by atoms with Gasteiger partial charge in [0.05, 0.1) is 27.7 Å². The molecule has 0 unspecified atom stereocenters. The van der Waals surface area contributed by atoms with Crippen LogP contribution in [0.3, 0.4) is 0 Å². The van der Waals surface area contributed by atoms with Crippen molar-refractivity contribution in [2.45, 2.75) is 0 Å². The van der Waals surface area contributed by atoms with Gasteiger partial charge in [-0.3, -0.25) is 0 Å². The van der Waals surface area contributed by atoms with Gasteiger partial charge in [-0.05, 0) is 18.2 Å². The van der Waals surface area contributed by atoms with Crippen LogP contribution in [0.1, 0.15) is 10.4 Å². The standard InChI is InChI=1S/C13H9Cl3N2O2/c1-20-13(19)6-2-8(12(17)18-5-6)7-3-10(15)11(16)4-9(7)14/h2-5H,1H3,(H2,17,18). The van der Waals surface area contributed by atoms with Gasteiger partial charge in [0.2, 0.25) is 0 Å². The van der Waals surface area contributed by atoms with E-state index >= 15 is 0 Å². The van der Waals surface area contributed by atoms with Gasteiger partial charge in [-0.15, -0.1) is 0 Å². The number of nitrogen functional groups attached to an aromatic ring is 1. The lowest BCUT2D eigenvalue weighted by molar-refractivity contribution is 0.0600. The predicted octanol–water partition coefficient (Wildman–Crippen LogP) is 4.08. The molecule has 2 rings (SSSR count). The van der Waals surface area contributed by atoms with Gasteiger partial charge in [0.1, 0.15) is 5.82 Å². The van der Waals surface area contributed by atoms with Crippen LogP contribution in [0.2, 0.25) is 15.1 Å². The molecule has 1 aromatic heterocycles. The summed E-state index contributed by atoms with van der Waals surface area (Å²) in [6.07, 6.45) is 1.33. The maximum absolute atomic E-state index is 11.5. The third-order valence-corrected chi connectivity index (χ3v) is 3.67. The van der Waals surface area contributed by atoms with E-state index in [9.17, 15) is 4.79 Å². The molecule has 0 amide bonds. The van der Waals surface area contributed by atoms with E-state index in [0.29, 0.717) is 26.2 Å². The summed E-state index contributed by atoms with van der Waals surface area (Å²) < 4.78 is 4.64. The molecule has 0 saturated carbocycles. The fourth-order valence-electron chi connectivity index (χ4n) is 1.65. The lowest BCUT2D eigenvalue weighted by Crippen LogP contribution is -2.04. The molecule has 2 aromatic rings. The number of esters is 1. The number of benzene rings is 1. The van der Waals surface area contributed by atoms with Gasteiger partial charge in [-0.2, -0.15) is 0 Å². The normalized spacial score (nSPS) is 10.4. The molecule has 0 aliphatic carbocycles. The van der Waals surface area contributed by atoms with Crippen molar-refractivity contribution in [1.82, 2.24) is 4.98 Å². The van der Waals surface area contributed by atoms with E-state index in [1.54, 1.807) is 12.1 Å². The summed E-state index contributed by atoms with van der Waals surface area (Å²) in [5.41, 5.74) is 7.11. The Kier molecular flexibility index (Phi) is 4.38. The van der Waals surface area contributed by atoms with Crippen LogP contribution >= 0.6 is 34.8 Å². The van der Waals surface area contributed by atoms with Crippen molar-refractivity contribution in [3.63, 3.8) is 0 Å². The van der Waals surface area contributed by atoms with Gasteiger partial charge in [-0.25, -0.2) is 9.78 Å². The summed E-state index contributed by atoms with van der Waals surface area (Å²) in [6, 6.07) is 4.62. The minimum Gasteiger partial charge on any atom is -0.465 e. The smallest absolute Gasteiger partial charge is 0.339 e. The van der Waals surface area contributed by atoms with Crippen molar-refractivity contribution >= 4 is 46.6 Å². The summed E-state index contributed by atoms with van der Waals surface area (Å²) in [7, 11) is 1.28. The first kappa shape index (κ1) is 14.9. The maximum atomic E-state index is 11.5. The van der Waals surface area contributed by atoms with E-state index in [2.05, 4.69) is 9.72 Å². The van der Waals surface area contributed by atoms with Crippen molar-refractivity contribution in [1.29, 1.82) is 0 Å². The van der Waals surface area contributed by atoms with Gasteiger partial charge in [0.25, 0.3) is 0 Å². The van der Waals surface area contributed by atoms with Crippen LogP contribution in [0.15, 0.2) is 24.4 Å². The number of nitrogens with zero attached hydrogens (tertiary/aromatic N) is 1. The monoisotopic (exact) mass is 330 g/mol. The van der Waals surface area contributed by atoms with E-state index in [-0.39, 0.29) is 11.4 Å². The van der Waals surface area contributed by atoms with E-state index in [4.69, 9.17) is 40.5 Å². The highest BCUT2D eigenvalue weighted by atomic mass is 35.5. The molecule has 0 spiro atoms. The van der Waals surface area contributed by atoms with E-state index in [0.717, 1.165) is 0 Å². The third-order valence-electron chi connectivity index (χ3n) is 2.64. The number of nitrogens with two attached hydrogens (primary N) is 1. The van der Waals surface area contributed by atoms with Gasteiger partial charge in [0, 0.05) is 17.3 Å². The first-order valence-corrected chi connectivity index (χ1v) is 6.56. The molecule has 1 aromatic carbocycles. The van der Waals surface area contributed by atoms with Crippen LogP contribution in [0, 0.1) is 0 Å². The van der Waals surface area contributed by atoms with Crippen molar-refractivity contribution < 1.29 is 9.53 Å². The first-order valence-electron chi connectivity index (χ1n) is 5.42. The molecule has 0 aliphatic heterocycles. The van der Waals surface area contributed by atoms with E-state index in [1.165, 1.54) is 19.4 Å². The summed E-state index contributed by atoms with van der Waals surface area (Å²) in [4.78, 5) is 15.5. The van der Waals surface area contributed by atoms with Gasteiger partial charge in [-0.1, -0.05) is 34.8 Å². The van der Waals surface area contributed by atoms with Gasteiger partial charge < -0.3 is 10.5 Å². The van der Waals surface area contributed by atoms with Crippen LogP contribution in [-0.2, 0) is 4.74 Å². The number of rotatable bonds is 2. The lowest BCUT2D eigenvalue weighted by Gasteiger charge is -2.10. The van der Waals surface area contributed by atoms with Gasteiger partial charge >= 0.3 is 5.97 Å². The third kappa shape index (κ3) is 2.82. The molecular weight excluding hydrogens is 323 g/mol. The fraction of sp³-hybridized carbons (Fsp3) is 0.0769. The molecule has 4 nitrogen and oxygen atoms in total. The Labute approximate surface area is 130 Å². The highest BCUT2D eigenvalue weighted by Gasteiger charge is 2.15. The van der Waals surface area contributed by atoms with Crippen LogP contribution in [0.5, 0.6) is 0 Å². The molecule has 20 heavy (non-hydrogen) atoms. The summed E-state index contributed by atoms with van der Waals surface area (Å²) >= 11 is 18.0. The quantitative estimate of drug-likeness (QED) is 0.665. The number of ether oxygens (including phenoxy) is 1. The van der Waals surface area contributed by atoms with E-state index in [1.807, 2.05) is 0 Å². The van der Waals surface area contributed by atoms with Crippen LogP contribution in [-0.4, -0.2) is 18.1 Å². The molecule has 2 N–H and O–H groups in total. The number of anilines is 1. The van der Waals surface area contributed by atoms with Crippen LogP contribution < -0.4 is 5.73 Å². The molecule has 0 bridgehead atoms. The number of aromatic nitrogens is 1. The number of pyridine rings is 1. The van der Waals surface area contributed by atoms with Crippen molar-refractivity contribution in [2.24, 2.45) is 0 Å². The largest absolute Gasteiger partial charge is 0.465 e. The highest BCUT2D eigenvalue weighted by molar-refractivity contribution is 6.44. The number of methoxy groups -OCH3 is 1. The molecule has 7 heteroatoms. The van der Waals surface area contributed by atoms with E-state index < -0.39 is 5.97 Å². The molecule has 1 heterocycles. The fourth-order valence-corrected chi connectivity index (χ4v) is 2.30. The molecule has 0 fully saturated rings. The zero-order chi connectivity index (χ0) is 14.9. The average molecular weight is 332 g/mol. The molecule has 0 aliphatic rings. The second-order valence-electron chi connectivity index (χ2n) is 3.89. The second kappa shape index (κ2) is 5.87. The molecular formula is C13H9Cl3N2O2. The zero-order valence-electron chi connectivity index (χ0n) is 10.3. The Bertz CT molecular complexity index is 690. The molecule has 0 radical (unpaired) electrons. The minimum absolute atomic E-state index is 0.220. The minimum atomic E-state index is -0.519. The second-order valence-corrected chi connectivity index (χ2v) is 5.12. The Morgan fingerprint density at radius 1 is 1.10 bits per heavy atom. The molecule has 104 valence electrons. The number of hydrogen-bond donors (Lipinski definition) is 1. The number of halogens is 3. The Balaban J connectivity index is 2.63. The number of carbonyl (C=O) groups is 1. The van der Waals surface area contributed by atoms with Gasteiger partial charge in [0.15, 0.2) is 0 Å². The SMILES string of the molecule is COC(=O)c1cnc(N)c(-c2cc(Cl)c(Cl)cc2Cl)c1. The van der Waals surface area contributed by atoms with Crippen molar-refractivity contribution in [3.05, 3.63) is 45.0 Å².